The quantitative estimate of drug-likeness (QED) is 0.794. The Balaban J connectivity index is 2.17. The highest BCUT2D eigenvalue weighted by atomic mass is 35.5. The first kappa shape index (κ1) is 10.9. The number of aliphatic hydroxyl groups excluding tert-OH is 1. The summed E-state index contributed by atoms with van der Waals surface area (Å²) in [6.07, 6.45) is 1.53. The predicted octanol–water partition coefficient (Wildman–Crippen LogP) is 2.47. The summed E-state index contributed by atoms with van der Waals surface area (Å²) in [5.74, 6) is 0. The SMILES string of the molecule is CN1CCC(O)CC1c1ccc(Cl)cc1. The Kier molecular flexibility index (Phi) is 3.29. The van der Waals surface area contributed by atoms with E-state index < -0.39 is 0 Å². The molecule has 0 spiro atoms. The highest BCUT2D eigenvalue weighted by Crippen LogP contribution is 2.30. The van der Waals surface area contributed by atoms with Crippen LogP contribution in [0, 0.1) is 0 Å². The van der Waals surface area contributed by atoms with Gasteiger partial charge in [0.1, 0.15) is 0 Å². The van der Waals surface area contributed by atoms with E-state index in [1.54, 1.807) is 0 Å². The lowest BCUT2D eigenvalue weighted by molar-refractivity contribution is 0.0552. The number of rotatable bonds is 1. The van der Waals surface area contributed by atoms with Crippen molar-refractivity contribution in [1.82, 2.24) is 4.90 Å². The van der Waals surface area contributed by atoms with Gasteiger partial charge in [0, 0.05) is 17.6 Å². The minimum Gasteiger partial charge on any atom is -0.393 e. The lowest BCUT2D eigenvalue weighted by atomic mass is 9.94. The van der Waals surface area contributed by atoms with Crippen LogP contribution >= 0.6 is 11.6 Å². The van der Waals surface area contributed by atoms with Gasteiger partial charge in [-0.2, -0.15) is 0 Å². The Morgan fingerprint density at radius 2 is 2.00 bits per heavy atom. The molecule has 15 heavy (non-hydrogen) atoms. The molecule has 2 nitrogen and oxygen atoms in total. The number of likely N-dealkylation sites (tertiary alicyclic amines) is 1. The van der Waals surface area contributed by atoms with Gasteiger partial charge in [0.25, 0.3) is 0 Å². The van der Waals surface area contributed by atoms with Crippen molar-refractivity contribution in [3.8, 4) is 0 Å². The third kappa shape index (κ3) is 2.51. The molecule has 0 aromatic heterocycles. The summed E-state index contributed by atoms with van der Waals surface area (Å²) in [5.41, 5.74) is 1.24. The van der Waals surface area contributed by atoms with Crippen LogP contribution in [0.3, 0.4) is 0 Å². The van der Waals surface area contributed by atoms with Gasteiger partial charge in [-0.15, -0.1) is 0 Å². The molecule has 1 N–H and O–H groups in total. The molecule has 1 aromatic carbocycles. The average Bonchev–Trinajstić information content (AvgIpc) is 2.23. The monoisotopic (exact) mass is 225 g/mol. The van der Waals surface area contributed by atoms with Crippen LogP contribution in [0.25, 0.3) is 0 Å². The molecule has 0 saturated carbocycles. The van der Waals surface area contributed by atoms with Gasteiger partial charge in [0.05, 0.1) is 6.10 Å². The number of halogens is 1. The van der Waals surface area contributed by atoms with Crippen LogP contribution in [0.4, 0.5) is 0 Å². The summed E-state index contributed by atoms with van der Waals surface area (Å²) in [5, 5.41) is 10.4. The Morgan fingerprint density at radius 3 is 2.67 bits per heavy atom. The van der Waals surface area contributed by atoms with Crippen molar-refractivity contribution in [3.05, 3.63) is 34.9 Å². The third-order valence-electron chi connectivity index (χ3n) is 3.10. The molecule has 1 saturated heterocycles. The maximum absolute atomic E-state index is 9.66. The maximum Gasteiger partial charge on any atom is 0.0570 e. The summed E-state index contributed by atoms with van der Waals surface area (Å²) < 4.78 is 0. The standard InChI is InChI=1S/C12H16ClNO/c1-14-7-6-11(15)8-12(14)9-2-4-10(13)5-3-9/h2-5,11-12,15H,6-8H2,1H3. The van der Waals surface area contributed by atoms with Crippen molar-refractivity contribution in [3.63, 3.8) is 0 Å². The van der Waals surface area contributed by atoms with Gasteiger partial charge in [-0.3, -0.25) is 4.90 Å². The van der Waals surface area contributed by atoms with Crippen LogP contribution in [0.2, 0.25) is 5.02 Å². The van der Waals surface area contributed by atoms with Crippen LogP contribution in [0.5, 0.6) is 0 Å². The molecule has 1 aliphatic rings. The van der Waals surface area contributed by atoms with E-state index in [-0.39, 0.29) is 6.10 Å². The summed E-state index contributed by atoms with van der Waals surface area (Å²) in [7, 11) is 2.10. The van der Waals surface area contributed by atoms with Crippen molar-refractivity contribution in [2.45, 2.75) is 25.0 Å². The second-order valence-electron chi connectivity index (χ2n) is 4.23. The maximum atomic E-state index is 9.66. The first-order valence-electron chi connectivity index (χ1n) is 5.30. The topological polar surface area (TPSA) is 23.5 Å². The predicted molar refractivity (Wildman–Crippen MR) is 62.1 cm³/mol. The second-order valence-corrected chi connectivity index (χ2v) is 4.66. The van der Waals surface area contributed by atoms with E-state index in [0.29, 0.717) is 6.04 Å². The van der Waals surface area contributed by atoms with Crippen LogP contribution < -0.4 is 0 Å². The van der Waals surface area contributed by atoms with E-state index in [1.165, 1.54) is 5.56 Å². The fourth-order valence-corrected chi connectivity index (χ4v) is 2.27. The molecule has 3 heteroatoms. The summed E-state index contributed by atoms with van der Waals surface area (Å²) in [4.78, 5) is 2.29. The van der Waals surface area contributed by atoms with Gasteiger partial charge in [-0.25, -0.2) is 0 Å². The van der Waals surface area contributed by atoms with Gasteiger partial charge in [0.15, 0.2) is 0 Å². The van der Waals surface area contributed by atoms with Crippen molar-refractivity contribution in [2.75, 3.05) is 13.6 Å². The molecule has 2 rings (SSSR count). The van der Waals surface area contributed by atoms with Crippen molar-refractivity contribution in [1.29, 1.82) is 0 Å². The average molecular weight is 226 g/mol. The fourth-order valence-electron chi connectivity index (χ4n) is 2.14. The molecule has 1 heterocycles. The Bertz CT molecular complexity index is 325. The lowest BCUT2D eigenvalue weighted by Crippen LogP contribution is -2.35. The Morgan fingerprint density at radius 1 is 1.33 bits per heavy atom. The van der Waals surface area contributed by atoms with Gasteiger partial charge in [-0.1, -0.05) is 23.7 Å². The van der Waals surface area contributed by atoms with Crippen LogP contribution in [0.15, 0.2) is 24.3 Å². The Hall–Kier alpha value is -0.570. The normalized spacial score (nSPS) is 27.9. The summed E-state index contributed by atoms with van der Waals surface area (Å²) >= 11 is 5.85. The van der Waals surface area contributed by atoms with Crippen molar-refractivity contribution >= 4 is 11.6 Å². The number of hydrogen-bond donors (Lipinski definition) is 1. The molecule has 1 aliphatic heterocycles. The van der Waals surface area contributed by atoms with E-state index in [1.807, 2.05) is 24.3 Å². The van der Waals surface area contributed by atoms with Gasteiger partial charge >= 0.3 is 0 Å². The Labute approximate surface area is 95.5 Å². The number of benzene rings is 1. The molecular formula is C12H16ClNO. The zero-order valence-electron chi connectivity index (χ0n) is 8.86. The number of aliphatic hydroxyl groups is 1. The van der Waals surface area contributed by atoms with E-state index in [2.05, 4.69) is 11.9 Å². The van der Waals surface area contributed by atoms with Gasteiger partial charge < -0.3 is 5.11 Å². The molecule has 1 fully saturated rings. The molecule has 0 amide bonds. The molecule has 0 aliphatic carbocycles. The molecular weight excluding hydrogens is 210 g/mol. The molecule has 1 aromatic rings. The van der Waals surface area contributed by atoms with Gasteiger partial charge in [-0.05, 0) is 37.6 Å². The van der Waals surface area contributed by atoms with E-state index in [0.717, 1.165) is 24.4 Å². The molecule has 2 unspecified atom stereocenters. The second kappa shape index (κ2) is 4.52. The highest BCUT2D eigenvalue weighted by Gasteiger charge is 2.25. The third-order valence-corrected chi connectivity index (χ3v) is 3.35. The molecule has 82 valence electrons. The largest absolute Gasteiger partial charge is 0.393 e. The van der Waals surface area contributed by atoms with Gasteiger partial charge in [0.2, 0.25) is 0 Å². The first-order chi connectivity index (χ1) is 7.16. The summed E-state index contributed by atoms with van der Waals surface area (Å²) in [6.45, 7) is 0.953. The molecule has 0 bridgehead atoms. The van der Waals surface area contributed by atoms with Crippen molar-refractivity contribution in [2.24, 2.45) is 0 Å². The minimum atomic E-state index is -0.165. The fraction of sp³-hybridized carbons (Fsp3) is 0.500. The van der Waals surface area contributed by atoms with Crippen molar-refractivity contribution < 1.29 is 5.11 Å². The van der Waals surface area contributed by atoms with Crippen LogP contribution in [-0.2, 0) is 0 Å². The minimum absolute atomic E-state index is 0.165. The highest BCUT2D eigenvalue weighted by molar-refractivity contribution is 6.30. The lowest BCUT2D eigenvalue weighted by Gasteiger charge is -2.35. The van der Waals surface area contributed by atoms with E-state index in [9.17, 15) is 5.11 Å². The molecule has 2 atom stereocenters. The zero-order chi connectivity index (χ0) is 10.8. The van der Waals surface area contributed by atoms with E-state index >= 15 is 0 Å². The van der Waals surface area contributed by atoms with Crippen LogP contribution in [-0.4, -0.2) is 29.7 Å². The number of hydrogen-bond acceptors (Lipinski definition) is 2. The van der Waals surface area contributed by atoms with E-state index in [4.69, 9.17) is 11.6 Å². The smallest absolute Gasteiger partial charge is 0.0570 e. The summed E-state index contributed by atoms with van der Waals surface area (Å²) in [6, 6.07) is 8.23. The zero-order valence-corrected chi connectivity index (χ0v) is 9.61. The first-order valence-corrected chi connectivity index (χ1v) is 5.68. The number of nitrogens with zero attached hydrogens (tertiary/aromatic N) is 1. The number of piperidine rings is 1. The molecule has 0 radical (unpaired) electrons. The van der Waals surface area contributed by atoms with Crippen LogP contribution in [0.1, 0.15) is 24.4 Å².